The zero-order chi connectivity index (χ0) is 15.0. The van der Waals surface area contributed by atoms with Crippen LogP contribution in [0.25, 0.3) is 0 Å². The van der Waals surface area contributed by atoms with Crippen LogP contribution in [-0.4, -0.2) is 29.6 Å². The topological polar surface area (TPSA) is 15.3 Å². The second-order valence-electron chi connectivity index (χ2n) is 6.44. The molecule has 116 valence electrons. The van der Waals surface area contributed by atoms with Gasteiger partial charge in [-0.05, 0) is 56.8 Å². The third-order valence-electron chi connectivity index (χ3n) is 5.21. The van der Waals surface area contributed by atoms with E-state index in [-0.39, 0.29) is 6.04 Å². The van der Waals surface area contributed by atoms with Crippen LogP contribution in [0.2, 0.25) is 0 Å². The Labute approximate surface area is 125 Å². The van der Waals surface area contributed by atoms with E-state index >= 15 is 0 Å². The summed E-state index contributed by atoms with van der Waals surface area (Å²) in [5.41, 5.74) is 0.863. The third kappa shape index (κ3) is 2.97. The molecule has 3 atom stereocenters. The lowest BCUT2D eigenvalue weighted by Gasteiger charge is -2.40. The lowest BCUT2D eigenvalue weighted by atomic mass is 9.95. The van der Waals surface area contributed by atoms with Gasteiger partial charge in [0.25, 0.3) is 0 Å². The zero-order valence-corrected chi connectivity index (χ0v) is 12.8. The number of hydrogen-bond donors (Lipinski definition) is 1. The Hall–Kier alpha value is -1.00. The summed E-state index contributed by atoms with van der Waals surface area (Å²) in [6.07, 6.45) is 4.88. The maximum absolute atomic E-state index is 13.5. The summed E-state index contributed by atoms with van der Waals surface area (Å²) in [5, 5.41) is 3.66. The molecule has 2 aliphatic heterocycles. The van der Waals surface area contributed by atoms with E-state index in [1.807, 2.05) is 0 Å². The van der Waals surface area contributed by atoms with Crippen molar-refractivity contribution in [2.45, 2.75) is 63.7 Å². The summed E-state index contributed by atoms with van der Waals surface area (Å²) in [7, 11) is 0. The molecule has 0 aromatic heterocycles. The van der Waals surface area contributed by atoms with Crippen molar-refractivity contribution >= 4 is 0 Å². The molecule has 2 fully saturated rings. The molecule has 1 N–H and O–H groups in total. The minimum absolute atomic E-state index is 0.118. The van der Waals surface area contributed by atoms with Crippen LogP contribution in [0.3, 0.4) is 0 Å². The monoisotopic (exact) mass is 294 g/mol. The smallest absolute Gasteiger partial charge is 0.159 e. The van der Waals surface area contributed by atoms with Gasteiger partial charge in [0.05, 0.1) is 0 Å². The van der Waals surface area contributed by atoms with Crippen molar-refractivity contribution < 1.29 is 8.78 Å². The summed E-state index contributed by atoms with van der Waals surface area (Å²) in [5.74, 6) is -1.52. The van der Waals surface area contributed by atoms with Crippen molar-refractivity contribution in [2.24, 2.45) is 0 Å². The van der Waals surface area contributed by atoms with Crippen LogP contribution in [0, 0.1) is 11.6 Å². The molecular weight excluding hydrogens is 270 g/mol. The van der Waals surface area contributed by atoms with E-state index in [1.54, 1.807) is 6.07 Å². The Morgan fingerprint density at radius 1 is 1.19 bits per heavy atom. The van der Waals surface area contributed by atoms with Gasteiger partial charge in [-0.2, -0.15) is 0 Å². The van der Waals surface area contributed by atoms with Crippen LogP contribution >= 0.6 is 0 Å². The highest BCUT2D eigenvalue weighted by Gasteiger charge is 2.37. The summed E-state index contributed by atoms with van der Waals surface area (Å²) in [6.45, 7) is 5.19. The van der Waals surface area contributed by atoms with Crippen LogP contribution in [-0.2, 0) is 0 Å². The number of hydrogen-bond acceptors (Lipinski definition) is 2. The van der Waals surface area contributed by atoms with E-state index in [0.29, 0.717) is 18.1 Å². The number of benzene rings is 1. The third-order valence-corrected chi connectivity index (χ3v) is 5.21. The van der Waals surface area contributed by atoms with E-state index in [4.69, 9.17) is 0 Å². The maximum Gasteiger partial charge on any atom is 0.159 e. The van der Waals surface area contributed by atoms with Crippen LogP contribution < -0.4 is 5.32 Å². The number of nitrogens with zero attached hydrogens (tertiary/aromatic N) is 1. The predicted octanol–water partition coefficient (Wildman–Crippen LogP) is 3.63. The van der Waals surface area contributed by atoms with Gasteiger partial charge < -0.3 is 5.32 Å². The van der Waals surface area contributed by atoms with Gasteiger partial charge in [-0.15, -0.1) is 0 Å². The van der Waals surface area contributed by atoms with Gasteiger partial charge in [0.2, 0.25) is 0 Å². The van der Waals surface area contributed by atoms with Gasteiger partial charge in [0.1, 0.15) is 0 Å². The van der Waals surface area contributed by atoms with E-state index in [0.717, 1.165) is 12.1 Å². The van der Waals surface area contributed by atoms with Crippen LogP contribution in [0.1, 0.15) is 51.1 Å². The molecule has 21 heavy (non-hydrogen) atoms. The average Bonchev–Trinajstić information content (AvgIpc) is 2.81. The Balaban J connectivity index is 1.77. The molecule has 2 bridgehead atoms. The van der Waals surface area contributed by atoms with Crippen LogP contribution in [0.5, 0.6) is 0 Å². The first-order valence-electron chi connectivity index (χ1n) is 8.05. The first-order valence-corrected chi connectivity index (χ1v) is 8.05. The summed E-state index contributed by atoms with van der Waals surface area (Å²) in [6, 6.07) is 6.23. The molecule has 1 aromatic carbocycles. The number of fused-ring (bicyclic) bond motifs is 2. The molecule has 3 unspecified atom stereocenters. The van der Waals surface area contributed by atoms with Gasteiger partial charge in [0.15, 0.2) is 11.6 Å². The average molecular weight is 294 g/mol. The molecule has 2 saturated heterocycles. The van der Waals surface area contributed by atoms with Crippen molar-refractivity contribution in [3.8, 4) is 0 Å². The van der Waals surface area contributed by atoms with Crippen molar-refractivity contribution in [1.29, 1.82) is 0 Å². The fourth-order valence-corrected chi connectivity index (χ4v) is 4.11. The summed E-state index contributed by atoms with van der Waals surface area (Å²) < 4.78 is 26.6. The molecule has 0 radical (unpaired) electrons. The molecule has 3 rings (SSSR count). The van der Waals surface area contributed by atoms with Crippen molar-refractivity contribution in [1.82, 2.24) is 10.2 Å². The van der Waals surface area contributed by atoms with Crippen LogP contribution in [0.4, 0.5) is 8.78 Å². The Morgan fingerprint density at radius 2 is 1.86 bits per heavy atom. The number of rotatable bonds is 4. The minimum atomic E-state index is -0.770. The fraction of sp³-hybridized carbons (Fsp3) is 0.647. The fourth-order valence-electron chi connectivity index (χ4n) is 4.11. The first kappa shape index (κ1) is 14.9. The van der Waals surface area contributed by atoms with E-state index in [2.05, 4.69) is 24.1 Å². The highest BCUT2D eigenvalue weighted by Crippen LogP contribution is 2.34. The standard InChI is InChI=1S/C17H24F2N2/c1-3-21(15-9-13-5-6-14(10-15)20-13)11(2)12-4-7-16(18)17(19)8-12/h4,7-8,11,13-15,20H,3,5-6,9-10H2,1-2H3. The van der Waals surface area contributed by atoms with Gasteiger partial charge in [0, 0.05) is 24.2 Å². The molecule has 2 nitrogen and oxygen atoms in total. The number of halogens is 2. The number of piperidine rings is 1. The SMILES string of the molecule is CCN(C1CC2CCC(C1)N2)C(C)c1ccc(F)c(F)c1. The van der Waals surface area contributed by atoms with Gasteiger partial charge in [-0.25, -0.2) is 8.78 Å². The number of nitrogens with one attached hydrogen (secondary N) is 1. The van der Waals surface area contributed by atoms with E-state index in [1.165, 1.54) is 37.8 Å². The first-order chi connectivity index (χ1) is 10.1. The van der Waals surface area contributed by atoms with Crippen molar-refractivity contribution in [3.05, 3.63) is 35.4 Å². The lowest BCUT2D eigenvalue weighted by molar-refractivity contribution is 0.107. The molecule has 4 heteroatoms. The Morgan fingerprint density at radius 3 is 2.43 bits per heavy atom. The normalized spacial score (nSPS) is 29.9. The summed E-state index contributed by atoms with van der Waals surface area (Å²) >= 11 is 0. The predicted molar refractivity (Wildman–Crippen MR) is 80.1 cm³/mol. The highest BCUT2D eigenvalue weighted by molar-refractivity contribution is 5.21. The van der Waals surface area contributed by atoms with Crippen molar-refractivity contribution in [2.75, 3.05) is 6.54 Å². The zero-order valence-electron chi connectivity index (χ0n) is 12.8. The van der Waals surface area contributed by atoms with Crippen molar-refractivity contribution in [3.63, 3.8) is 0 Å². The lowest BCUT2D eigenvalue weighted by Crippen LogP contribution is -2.48. The molecule has 2 aliphatic rings. The molecule has 0 aliphatic carbocycles. The second kappa shape index (κ2) is 6.01. The van der Waals surface area contributed by atoms with Crippen LogP contribution in [0.15, 0.2) is 18.2 Å². The molecular formula is C17H24F2N2. The Bertz CT molecular complexity index is 494. The summed E-state index contributed by atoms with van der Waals surface area (Å²) in [4.78, 5) is 2.44. The second-order valence-corrected chi connectivity index (χ2v) is 6.44. The van der Waals surface area contributed by atoms with Gasteiger partial charge in [-0.1, -0.05) is 13.0 Å². The van der Waals surface area contributed by atoms with Gasteiger partial charge >= 0.3 is 0 Å². The van der Waals surface area contributed by atoms with Gasteiger partial charge in [-0.3, -0.25) is 4.90 Å². The Kier molecular flexibility index (Phi) is 4.27. The molecule has 0 amide bonds. The largest absolute Gasteiger partial charge is 0.311 e. The molecule has 2 heterocycles. The highest BCUT2D eigenvalue weighted by atomic mass is 19.2. The van der Waals surface area contributed by atoms with E-state index < -0.39 is 11.6 Å². The quantitative estimate of drug-likeness (QED) is 0.912. The maximum atomic E-state index is 13.5. The van der Waals surface area contributed by atoms with E-state index in [9.17, 15) is 8.78 Å². The molecule has 1 aromatic rings. The molecule has 0 saturated carbocycles. The molecule has 0 spiro atoms. The minimum Gasteiger partial charge on any atom is -0.311 e.